The van der Waals surface area contributed by atoms with Crippen molar-refractivity contribution in [1.82, 2.24) is 15.6 Å². The lowest BCUT2D eigenvalue weighted by molar-refractivity contribution is -0.123. The van der Waals surface area contributed by atoms with Gasteiger partial charge in [0, 0.05) is 18.9 Å². The summed E-state index contributed by atoms with van der Waals surface area (Å²) in [5.41, 5.74) is 1.11. The molecule has 1 amide bonds. The van der Waals surface area contributed by atoms with Crippen LogP contribution in [-0.2, 0) is 11.3 Å². The highest BCUT2D eigenvalue weighted by Crippen LogP contribution is 2.07. The highest BCUT2D eigenvalue weighted by Gasteiger charge is 2.19. The SMILES string of the molecule is O=C(NCc1cc[nH]c1)[C@@H]1CCCCN1. The average Bonchev–Trinajstić information content (AvgIpc) is 2.80. The Bertz CT molecular complexity index is 302. The van der Waals surface area contributed by atoms with Gasteiger partial charge in [0.25, 0.3) is 0 Å². The number of piperidine rings is 1. The molecule has 4 heteroatoms. The normalized spacial score (nSPS) is 21.2. The van der Waals surface area contributed by atoms with Crippen LogP contribution in [0.5, 0.6) is 0 Å². The molecule has 1 aromatic rings. The number of hydrogen-bond acceptors (Lipinski definition) is 2. The van der Waals surface area contributed by atoms with Gasteiger partial charge in [-0.15, -0.1) is 0 Å². The van der Waals surface area contributed by atoms with Crippen molar-refractivity contribution < 1.29 is 4.79 Å². The fourth-order valence-corrected chi connectivity index (χ4v) is 1.86. The molecule has 1 saturated heterocycles. The molecule has 2 rings (SSSR count). The summed E-state index contributed by atoms with van der Waals surface area (Å²) in [4.78, 5) is 14.7. The second-order valence-electron chi connectivity index (χ2n) is 3.94. The third-order valence-corrected chi connectivity index (χ3v) is 2.76. The molecule has 1 fully saturated rings. The van der Waals surface area contributed by atoms with Crippen molar-refractivity contribution in [1.29, 1.82) is 0 Å². The van der Waals surface area contributed by atoms with Gasteiger partial charge in [-0.2, -0.15) is 0 Å². The van der Waals surface area contributed by atoms with Crippen molar-refractivity contribution in [2.24, 2.45) is 0 Å². The summed E-state index contributed by atoms with van der Waals surface area (Å²) >= 11 is 0. The molecule has 15 heavy (non-hydrogen) atoms. The Labute approximate surface area is 89.5 Å². The van der Waals surface area contributed by atoms with E-state index in [1.807, 2.05) is 18.5 Å². The van der Waals surface area contributed by atoms with E-state index in [1.54, 1.807) is 0 Å². The van der Waals surface area contributed by atoms with E-state index in [1.165, 1.54) is 6.42 Å². The molecule has 0 radical (unpaired) electrons. The Morgan fingerprint density at radius 1 is 1.53 bits per heavy atom. The molecule has 1 aromatic heterocycles. The number of carbonyl (C=O) groups excluding carboxylic acids is 1. The molecule has 1 atom stereocenters. The first-order valence-corrected chi connectivity index (χ1v) is 5.49. The van der Waals surface area contributed by atoms with Crippen molar-refractivity contribution in [3.8, 4) is 0 Å². The zero-order valence-electron chi connectivity index (χ0n) is 8.75. The minimum Gasteiger partial charge on any atom is -0.367 e. The van der Waals surface area contributed by atoms with E-state index < -0.39 is 0 Å². The molecule has 0 spiro atoms. The molecule has 82 valence electrons. The summed E-state index contributed by atoms with van der Waals surface area (Å²) in [6.07, 6.45) is 7.05. The number of aromatic nitrogens is 1. The number of H-pyrrole nitrogens is 1. The van der Waals surface area contributed by atoms with E-state index in [2.05, 4.69) is 15.6 Å². The van der Waals surface area contributed by atoms with Crippen LogP contribution in [-0.4, -0.2) is 23.5 Å². The molecule has 0 unspecified atom stereocenters. The Balaban J connectivity index is 1.76. The maximum Gasteiger partial charge on any atom is 0.237 e. The van der Waals surface area contributed by atoms with Crippen molar-refractivity contribution in [3.05, 3.63) is 24.0 Å². The fourth-order valence-electron chi connectivity index (χ4n) is 1.86. The quantitative estimate of drug-likeness (QED) is 0.686. The number of rotatable bonds is 3. The van der Waals surface area contributed by atoms with Gasteiger partial charge in [-0.1, -0.05) is 6.42 Å². The fraction of sp³-hybridized carbons (Fsp3) is 0.545. The van der Waals surface area contributed by atoms with Gasteiger partial charge in [0.05, 0.1) is 6.04 Å². The van der Waals surface area contributed by atoms with Crippen LogP contribution in [0.25, 0.3) is 0 Å². The van der Waals surface area contributed by atoms with Crippen LogP contribution in [0.15, 0.2) is 18.5 Å². The van der Waals surface area contributed by atoms with Gasteiger partial charge in [0.2, 0.25) is 5.91 Å². The van der Waals surface area contributed by atoms with Crippen LogP contribution in [0.4, 0.5) is 0 Å². The first-order valence-electron chi connectivity index (χ1n) is 5.49. The van der Waals surface area contributed by atoms with Gasteiger partial charge >= 0.3 is 0 Å². The van der Waals surface area contributed by atoms with Gasteiger partial charge in [0.1, 0.15) is 0 Å². The van der Waals surface area contributed by atoms with Crippen LogP contribution in [0.2, 0.25) is 0 Å². The number of amides is 1. The van der Waals surface area contributed by atoms with Crippen LogP contribution in [0, 0.1) is 0 Å². The minimum absolute atomic E-state index is 0.0118. The standard InChI is InChI=1S/C11H17N3O/c15-11(10-3-1-2-5-13-10)14-8-9-4-6-12-7-9/h4,6-7,10,12-13H,1-3,5,8H2,(H,14,15)/t10-/m0/s1. The predicted molar refractivity (Wildman–Crippen MR) is 58.3 cm³/mol. The van der Waals surface area contributed by atoms with Crippen molar-refractivity contribution >= 4 is 5.91 Å². The summed E-state index contributed by atoms with van der Waals surface area (Å²) in [5, 5.41) is 6.16. The molecule has 0 aromatic carbocycles. The number of nitrogens with one attached hydrogen (secondary N) is 3. The zero-order chi connectivity index (χ0) is 10.5. The monoisotopic (exact) mass is 207 g/mol. The van der Waals surface area contributed by atoms with E-state index in [4.69, 9.17) is 0 Å². The zero-order valence-corrected chi connectivity index (χ0v) is 8.75. The molecule has 0 saturated carbocycles. The summed E-state index contributed by atoms with van der Waals surface area (Å²) in [7, 11) is 0. The molecule has 1 aliphatic rings. The molecular weight excluding hydrogens is 190 g/mol. The maximum atomic E-state index is 11.7. The second kappa shape index (κ2) is 4.98. The second-order valence-corrected chi connectivity index (χ2v) is 3.94. The average molecular weight is 207 g/mol. The first kappa shape index (κ1) is 10.2. The largest absolute Gasteiger partial charge is 0.367 e. The third kappa shape index (κ3) is 2.83. The van der Waals surface area contributed by atoms with Crippen molar-refractivity contribution in [2.75, 3.05) is 6.54 Å². The molecule has 2 heterocycles. The van der Waals surface area contributed by atoms with Crippen LogP contribution in [0.1, 0.15) is 24.8 Å². The number of aromatic amines is 1. The van der Waals surface area contributed by atoms with E-state index in [-0.39, 0.29) is 11.9 Å². The molecule has 0 bridgehead atoms. The summed E-state index contributed by atoms with van der Waals surface area (Å²) in [6.45, 7) is 1.57. The van der Waals surface area contributed by atoms with Crippen molar-refractivity contribution in [3.63, 3.8) is 0 Å². The van der Waals surface area contributed by atoms with E-state index in [9.17, 15) is 4.79 Å². The highest BCUT2D eigenvalue weighted by atomic mass is 16.2. The van der Waals surface area contributed by atoms with Crippen LogP contribution in [0.3, 0.4) is 0 Å². The Kier molecular flexibility index (Phi) is 3.40. The van der Waals surface area contributed by atoms with Gasteiger partial charge in [-0.05, 0) is 31.0 Å². The first-order chi connectivity index (χ1) is 7.36. The number of carbonyl (C=O) groups is 1. The topological polar surface area (TPSA) is 56.9 Å². The highest BCUT2D eigenvalue weighted by molar-refractivity contribution is 5.81. The van der Waals surface area contributed by atoms with Gasteiger partial charge in [-0.3, -0.25) is 4.79 Å². The minimum atomic E-state index is 0.0118. The van der Waals surface area contributed by atoms with Crippen LogP contribution < -0.4 is 10.6 Å². The molecule has 0 aliphatic carbocycles. The van der Waals surface area contributed by atoms with E-state index in [0.29, 0.717) is 6.54 Å². The number of hydrogen-bond donors (Lipinski definition) is 3. The lowest BCUT2D eigenvalue weighted by atomic mass is 10.0. The van der Waals surface area contributed by atoms with Gasteiger partial charge in [0.15, 0.2) is 0 Å². The van der Waals surface area contributed by atoms with Gasteiger partial charge in [-0.25, -0.2) is 0 Å². The van der Waals surface area contributed by atoms with E-state index in [0.717, 1.165) is 24.9 Å². The lowest BCUT2D eigenvalue weighted by Gasteiger charge is -2.22. The third-order valence-electron chi connectivity index (χ3n) is 2.76. The smallest absolute Gasteiger partial charge is 0.237 e. The maximum absolute atomic E-state index is 11.7. The van der Waals surface area contributed by atoms with E-state index >= 15 is 0 Å². The Morgan fingerprint density at radius 2 is 2.47 bits per heavy atom. The Morgan fingerprint density at radius 3 is 3.13 bits per heavy atom. The molecular formula is C11H17N3O. The predicted octanol–water partition coefficient (Wildman–Crippen LogP) is 0.773. The van der Waals surface area contributed by atoms with Gasteiger partial charge < -0.3 is 15.6 Å². The summed E-state index contributed by atoms with van der Waals surface area (Å²) in [6, 6.07) is 1.98. The summed E-state index contributed by atoms with van der Waals surface area (Å²) < 4.78 is 0. The van der Waals surface area contributed by atoms with Crippen LogP contribution >= 0.6 is 0 Å². The molecule has 3 N–H and O–H groups in total. The van der Waals surface area contributed by atoms with Crippen molar-refractivity contribution in [2.45, 2.75) is 31.8 Å². The Hall–Kier alpha value is -1.29. The molecule has 4 nitrogen and oxygen atoms in total. The lowest BCUT2D eigenvalue weighted by Crippen LogP contribution is -2.46. The molecule has 1 aliphatic heterocycles. The summed E-state index contributed by atoms with van der Waals surface area (Å²) in [5.74, 6) is 0.121.